The first-order chi connectivity index (χ1) is 13.4. The van der Waals surface area contributed by atoms with Crippen LogP contribution >= 0.6 is 0 Å². The Labute approximate surface area is 159 Å². The third-order valence-electron chi connectivity index (χ3n) is 4.38. The van der Waals surface area contributed by atoms with Gasteiger partial charge in [0.15, 0.2) is 16.9 Å². The van der Waals surface area contributed by atoms with E-state index in [1.807, 2.05) is 6.92 Å². The smallest absolute Gasteiger partial charge is 0.333 e. The molecule has 0 saturated heterocycles. The largest absolute Gasteiger partial charge is 0.427 e. The number of rotatable bonds is 6. The Morgan fingerprint density at radius 3 is 2.29 bits per heavy atom. The molecule has 1 aromatic carbocycles. The predicted molar refractivity (Wildman–Crippen MR) is 102 cm³/mol. The second kappa shape index (κ2) is 7.63. The number of benzene rings is 1. The molecule has 0 bridgehead atoms. The molecule has 146 valence electrons. The van der Waals surface area contributed by atoms with Crippen LogP contribution in [0.2, 0.25) is 0 Å². The van der Waals surface area contributed by atoms with E-state index in [9.17, 15) is 19.2 Å². The molecule has 0 amide bonds. The maximum Gasteiger partial charge on any atom is 0.333 e. The molecule has 2 heterocycles. The number of fused-ring (bicyclic) bond motifs is 1. The first-order valence-electron chi connectivity index (χ1n) is 8.87. The van der Waals surface area contributed by atoms with Crippen LogP contribution in [0.5, 0.6) is 5.75 Å². The lowest BCUT2D eigenvalue weighted by Crippen LogP contribution is -2.42. The number of aromatic nitrogens is 4. The van der Waals surface area contributed by atoms with Gasteiger partial charge in [-0.1, -0.05) is 0 Å². The van der Waals surface area contributed by atoms with Gasteiger partial charge in [0.1, 0.15) is 5.75 Å². The summed E-state index contributed by atoms with van der Waals surface area (Å²) in [5, 5.41) is 0. The number of ether oxygens (including phenoxy) is 1. The zero-order chi connectivity index (χ0) is 20.4. The number of carbonyl (C=O) groups is 2. The average Bonchev–Trinajstić information content (AvgIpc) is 3.09. The molecular formula is C19H20N4O5. The van der Waals surface area contributed by atoms with Crippen molar-refractivity contribution in [3.05, 3.63) is 57.0 Å². The van der Waals surface area contributed by atoms with Gasteiger partial charge >= 0.3 is 11.7 Å². The number of aryl methyl sites for hydroxylation is 2. The van der Waals surface area contributed by atoms with Gasteiger partial charge in [0.2, 0.25) is 0 Å². The second-order valence-corrected chi connectivity index (χ2v) is 6.16. The third-order valence-corrected chi connectivity index (χ3v) is 4.38. The lowest BCUT2D eigenvalue weighted by Gasteiger charge is -2.10. The molecule has 2 aromatic heterocycles. The fraction of sp³-hybridized carbons (Fsp3) is 0.316. The fourth-order valence-electron chi connectivity index (χ4n) is 3.01. The van der Waals surface area contributed by atoms with Crippen molar-refractivity contribution in [2.24, 2.45) is 0 Å². The van der Waals surface area contributed by atoms with Crippen LogP contribution in [0.1, 0.15) is 31.1 Å². The Balaban J connectivity index is 2.02. The molecule has 28 heavy (non-hydrogen) atoms. The number of nitrogens with zero attached hydrogens (tertiary/aromatic N) is 4. The highest BCUT2D eigenvalue weighted by atomic mass is 16.5. The highest BCUT2D eigenvalue weighted by Crippen LogP contribution is 2.13. The normalized spacial score (nSPS) is 11.0. The highest BCUT2D eigenvalue weighted by molar-refractivity contribution is 5.96. The van der Waals surface area contributed by atoms with E-state index in [0.717, 1.165) is 4.57 Å². The summed E-state index contributed by atoms with van der Waals surface area (Å²) >= 11 is 0. The molecule has 0 spiro atoms. The summed E-state index contributed by atoms with van der Waals surface area (Å²) in [5.74, 6) is -0.562. The lowest BCUT2D eigenvalue weighted by atomic mass is 10.1. The van der Waals surface area contributed by atoms with Crippen LogP contribution in [-0.4, -0.2) is 30.4 Å². The van der Waals surface area contributed by atoms with E-state index in [4.69, 9.17) is 4.74 Å². The van der Waals surface area contributed by atoms with E-state index in [2.05, 4.69) is 4.98 Å². The van der Waals surface area contributed by atoms with Crippen LogP contribution in [0.15, 0.2) is 40.2 Å². The van der Waals surface area contributed by atoms with Gasteiger partial charge in [-0.2, -0.15) is 0 Å². The molecule has 3 rings (SSSR count). The van der Waals surface area contributed by atoms with Gasteiger partial charge in [0.05, 0.1) is 12.9 Å². The number of hydrogen-bond donors (Lipinski definition) is 0. The van der Waals surface area contributed by atoms with Crippen LogP contribution in [0.3, 0.4) is 0 Å². The molecule has 9 nitrogen and oxygen atoms in total. The van der Waals surface area contributed by atoms with E-state index in [-0.39, 0.29) is 0 Å². The molecule has 0 atom stereocenters. The first kappa shape index (κ1) is 19.3. The molecule has 0 unspecified atom stereocenters. The van der Waals surface area contributed by atoms with Crippen molar-refractivity contribution in [2.45, 2.75) is 40.4 Å². The topological polar surface area (TPSA) is 105 Å². The maximum atomic E-state index is 12.9. The number of carbonyl (C=O) groups excluding carboxylic acids is 2. The van der Waals surface area contributed by atoms with Crippen molar-refractivity contribution in [3.8, 4) is 5.75 Å². The van der Waals surface area contributed by atoms with Crippen molar-refractivity contribution in [3.63, 3.8) is 0 Å². The summed E-state index contributed by atoms with van der Waals surface area (Å²) in [6.45, 7) is 5.36. The molecule has 3 aromatic rings. The van der Waals surface area contributed by atoms with Crippen LogP contribution in [-0.2, 0) is 24.4 Å². The van der Waals surface area contributed by atoms with Crippen molar-refractivity contribution in [1.29, 1.82) is 0 Å². The molecule has 0 N–H and O–H groups in total. The number of ketones is 1. The van der Waals surface area contributed by atoms with E-state index in [1.54, 1.807) is 11.5 Å². The number of esters is 1. The van der Waals surface area contributed by atoms with Gasteiger partial charge in [-0.25, -0.2) is 9.78 Å². The zero-order valence-corrected chi connectivity index (χ0v) is 15.8. The average molecular weight is 384 g/mol. The maximum absolute atomic E-state index is 12.9. The van der Waals surface area contributed by atoms with Gasteiger partial charge in [-0.3, -0.25) is 23.5 Å². The first-order valence-corrected chi connectivity index (χ1v) is 8.87. The Morgan fingerprint density at radius 2 is 1.71 bits per heavy atom. The minimum atomic E-state index is -0.578. The summed E-state index contributed by atoms with van der Waals surface area (Å²) in [6.07, 6.45) is 1.51. The van der Waals surface area contributed by atoms with E-state index >= 15 is 0 Å². The molecular weight excluding hydrogens is 364 g/mol. The minimum absolute atomic E-state index is 0.293. The second-order valence-electron chi connectivity index (χ2n) is 6.16. The highest BCUT2D eigenvalue weighted by Gasteiger charge is 2.19. The number of imidazole rings is 1. The summed E-state index contributed by atoms with van der Waals surface area (Å²) < 4.78 is 8.89. The van der Waals surface area contributed by atoms with Gasteiger partial charge in [0, 0.05) is 25.6 Å². The predicted octanol–water partition coefficient (Wildman–Crippen LogP) is 1.21. The summed E-state index contributed by atoms with van der Waals surface area (Å²) in [5.41, 5.74) is -0.217. The third kappa shape index (κ3) is 3.38. The monoisotopic (exact) mass is 384 g/mol. The Morgan fingerprint density at radius 1 is 1.04 bits per heavy atom. The SMILES string of the molecule is CCn1cnc2c1c(=O)n(CC(=O)c1ccc(OC(C)=O)cc1)c(=O)n2CC. The van der Waals surface area contributed by atoms with Crippen molar-refractivity contribution in [1.82, 2.24) is 18.7 Å². The molecule has 0 aliphatic heterocycles. The van der Waals surface area contributed by atoms with E-state index in [0.29, 0.717) is 35.6 Å². The van der Waals surface area contributed by atoms with Crippen LogP contribution < -0.4 is 16.0 Å². The van der Waals surface area contributed by atoms with Gasteiger partial charge in [-0.05, 0) is 38.1 Å². The fourth-order valence-corrected chi connectivity index (χ4v) is 3.01. The molecule has 0 aliphatic carbocycles. The molecule has 0 saturated carbocycles. The molecule has 9 heteroatoms. The van der Waals surface area contributed by atoms with Gasteiger partial charge in [-0.15, -0.1) is 0 Å². The van der Waals surface area contributed by atoms with Crippen LogP contribution in [0.25, 0.3) is 11.2 Å². The Hall–Kier alpha value is -3.49. The molecule has 0 aliphatic rings. The summed E-state index contributed by atoms with van der Waals surface area (Å²) in [4.78, 5) is 53.4. The lowest BCUT2D eigenvalue weighted by molar-refractivity contribution is -0.131. The van der Waals surface area contributed by atoms with Crippen LogP contribution in [0.4, 0.5) is 0 Å². The minimum Gasteiger partial charge on any atom is -0.427 e. The van der Waals surface area contributed by atoms with Gasteiger partial charge < -0.3 is 9.30 Å². The van der Waals surface area contributed by atoms with E-state index in [1.165, 1.54) is 42.1 Å². The summed E-state index contributed by atoms with van der Waals surface area (Å²) in [7, 11) is 0. The molecule has 0 radical (unpaired) electrons. The van der Waals surface area contributed by atoms with Crippen LogP contribution in [0, 0.1) is 0 Å². The molecule has 0 fully saturated rings. The van der Waals surface area contributed by atoms with E-state index < -0.39 is 29.5 Å². The van der Waals surface area contributed by atoms with Crippen molar-refractivity contribution < 1.29 is 14.3 Å². The Kier molecular flexibility index (Phi) is 5.25. The standard InChI is InChI=1S/C19H20N4O5/c1-4-21-11-20-17-16(21)18(26)23(19(27)22(17)5-2)10-15(25)13-6-8-14(9-7-13)28-12(3)24/h6-9,11H,4-5,10H2,1-3H3. The summed E-state index contributed by atoms with van der Waals surface area (Å²) in [6, 6.07) is 5.94. The quantitative estimate of drug-likeness (QED) is 0.359. The number of Topliss-reactive ketones (excluding diaryl/α,β-unsaturated/α-hetero) is 1. The van der Waals surface area contributed by atoms with Crippen molar-refractivity contribution in [2.75, 3.05) is 0 Å². The zero-order valence-electron chi connectivity index (χ0n) is 15.8. The Bertz CT molecular complexity index is 1170. The van der Waals surface area contributed by atoms with Gasteiger partial charge in [0.25, 0.3) is 5.56 Å². The number of hydrogen-bond acceptors (Lipinski definition) is 6. The van der Waals surface area contributed by atoms with Crippen molar-refractivity contribution >= 4 is 22.9 Å².